The van der Waals surface area contributed by atoms with Gasteiger partial charge in [-0.15, -0.1) is 0 Å². The molecule has 2 rings (SSSR count). The van der Waals surface area contributed by atoms with Gasteiger partial charge in [0.1, 0.15) is 22.8 Å². The minimum Gasteiger partial charge on any atom is -0.506 e. The van der Waals surface area contributed by atoms with Crippen molar-refractivity contribution in [3.63, 3.8) is 0 Å². The zero-order chi connectivity index (χ0) is 17.7. The number of carbonyl (C=O) groups is 1. The molecule has 0 aliphatic rings. The molecular weight excluding hydrogens is 314 g/mol. The molecule has 7 heteroatoms. The van der Waals surface area contributed by atoms with Crippen molar-refractivity contribution in [2.45, 2.75) is 13.5 Å². The summed E-state index contributed by atoms with van der Waals surface area (Å²) >= 11 is 0. The van der Waals surface area contributed by atoms with E-state index in [0.29, 0.717) is 30.0 Å². The van der Waals surface area contributed by atoms with E-state index in [1.807, 2.05) is 6.92 Å². The van der Waals surface area contributed by atoms with E-state index in [1.165, 1.54) is 14.2 Å². The van der Waals surface area contributed by atoms with E-state index < -0.39 is 11.6 Å². The molecule has 0 amide bonds. The molecule has 0 bridgehead atoms. The predicted molar refractivity (Wildman–Crippen MR) is 86.8 cm³/mol. The maximum atomic E-state index is 11.2. The number of methoxy groups -OCH3 is 2. The van der Waals surface area contributed by atoms with Gasteiger partial charge in [0.25, 0.3) is 0 Å². The molecule has 1 heterocycles. The summed E-state index contributed by atoms with van der Waals surface area (Å²) in [4.78, 5) is 15.2. The van der Waals surface area contributed by atoms with Crippen LogP contribution in [0.1, 0.15) is 23.0 Å². The molecular formula is C17H19NO6. The fourth-order valence-corrected chi connectivity index (χ4v) is 2.39. The molecule has 0 saturated carbocycles. The minimum absolute atomic E-state index is 0.0350. The lowest BCUT2D eigenvalue weighted by molar-refractivity contribution is 0.111. The summed E-state index contributed by atoms with van der Waals surface area (Å²) in [7, 11) is 2.96. The first kappa shape index (κ1) is 17.6. The van der Waals surface area contributed by atoms with Crippen LogP contribution in [0.25, 0.3) is 11.1 Å². The second-order valence-corrected chi connectivity index (χ2v) is 4.81. The Morgan fingerprint density at radius 3 is 2.25 bits per heavy atom. The monoisotopic (exact) mass is 333 g/mol. The second-order valence-electron chi connectivity index (χ2n) is 4.81. The highest BCUT2D eigenvalue weighted by atomic mass is 16.5. The molecule has 1 aromatic heterocycles. The van der Waals surface area contributed by atoms with Crippen LogP contribution in [0.3, 0.4) is 0 Å². The number of aromatic hydroxyl groups is 2. The third-order valence-corrected chi connectivity index (χ3v) is 3.50. The summed E-state index contributed by atoms with van der Waals surface area (Å²) < 4.78 is 16.1. The van der Waals surface area contributed by atoms with Crippen molar-refractivity contribution in [3.8, 4) is 34.3 Å². The first-order valence-electron chi connectivity index (χ1n) is 7.28. The van der Waals surface area contributed by atoms with Crippen LogP contribution < -0.4 is 9.47 Å². The molecule has 0 fully saturated rings. The van der Waals surface area contributed by atoms with Crippen molar-refractivity contribution in [2.75, 3.05) is 20.8 Å². The van der Waals surface area contributed by atoms with Crippen molar-refractivity contribution in [1.29, 1.82) is 0 Å². The first-order chi connectivity index (χ1) is 11.6. The number of nitrogens with zero attached hydrogens (tertiary/aromatic N) is 1. The fraction of sp³-hybridized carbons (Fsp3) is 0.294. The van der Waals surface area contributed by atoms with Crippen LogP contribution in [0.4, 0.5) is 0 Å². The topological polar surface area (TPSA) is 98.1 Å². The van der Waals surface area contributed by atoms with Gasteiger partial charge in [-0.2, -0.15) is 0 Å². The van der Waals surface area contributed by atoms with Crippen molar-refractivity contribution < 1.29 is 29.2 Å². The van der Waals surface area contributed by atoms with Gasteiger partial charge in [0.2, 0.25) is 5.88 Å². The molecule has 2 N–H and O–H groups in total. The molecule has 0 atom stereocenters. The molecule has 128 valence electrons. The van der Waals surface area contributed by atoms with E-state index in [9.17, 15) is 15.0 Å². The SMILES string of the molecule is CCOCc1nc(O)c(C=O)c(O)c1-c1c(OC)cccc1OC. The summed E-state index contributed by atoms with van der Waals surface area (Å²) in [6, 6.07) is 5.11. The maximum absolute atomic E-state index is 11.2. The minimum atomic E-state index is -0.560. The Morgan fingerprint density at radius 1 is 1.12 bits per heavy atom. The molecule has 2 aromatic rings. The van der Waals surface area contributed by atoms with Gasteiger partial charge in [-0.3, -0.25) is 4.79 Å². The van der Waals surface area contributed by atoms with Gasteiger partial charge in [-0.05, 0) is 19.1 Å². The Balaban J connectivity index is 2.84. The highest BCUT2D eigenvalue weighted by molar-refractivity contribution is 5.92. The van der Waals surface area contributed by atoms with Crippen LogP contribution in [0, 0.1) is 0 Å². The summed E-state index contributed by atoms with van der Waals surface area (Å²) in [5.74, 6) is -0.122. The van der Waals surface area contributed by atoms with Gasteiger partial charge >= 0.3 is 0 Å². The molecule has 0 spiro atoms. The third-order valence-electron chi connectivity index (χ3n) is 3.50. The average Bonchev–Trinajstić information content (AvgIpc) is 2.59. The average molecular weight is 333 g/mol. The van der Waals surface area contributed by atoms with Gasteiger partial charge in [0.05, 0.1) is 37.6 Å². The van der Waals surface area contributed by atoms with Crippen molar-refractivity contribution in [2.24, 2.45) is 0 Å². The molecule has 0 saturated heterocycles. The summed E-state index contributed by atoms with van der Waals surface area (Å²) in [5, 5.41) is 20.4. The fourth-order valence-electron chi connectivity index (χ4n) is 2.39. The van der Waals surface area contributed by atoms with Crippen LogP contribution in [-0.4, -0.2) is 42.3 Å². The molecule has 0 unspecified atom stereocenters. The Labute approximate surface area is 139 Å². The zero-order valence-electron chi connectivity index (χ0n) is 13.7. The lowest BCUT2D eigenvalue weighted by Crippen LogP contribution is -2.04. The van der Waals surface area contributed by atoms with Crippen molar-refractivity contribution in [1.82, 2.24) is 4.98 Å². The van der Waals surface area contributed by atoms with E-state index in [1.54, 1.807) is 18.2 Å². The van der Waals surface area contributed by atoms with E-state index in [2.05, 4.69) is 4.98 Å². The smallest absolute Gasteiger partial charge is 0.225 e. The van der Waals surface area contributed by atoms with Crippen LogP contribution in [-0.2, 0) is 11.3 Å². The quantitative estimate of drug-likeness (QED) is 0.751. The maximum Gasteiger partial charge on any atom is 0.225 e. The highest BCUT2D eigenvalue weighted by Crippen LogP contribution is 2.46. The van der Waals surface area contributed by atoms with E-state index in [4.69, 9.17) is 14.2 Å². The van der Waals surface area contributed by atoms with Gasteiger partial charge in [-0.25, -0.2) is 4.98 Å². The lowest BCUT2D eigenvalue weighted by atomic mass is 9.98. The number of ether oxygens (including phenoxy) is 3. The summed E-state index contributed by atoms with van der Waals surface area (Å²) in [6.07, 6.45) is 0.341. The number of hydrogen-bond acceptors (Lipinski definition) is 7. The van der Waals surface area contributed by atoms with Crippen LogP contribution in [0.2, 0.25) is 0 Å². The Hall–Kier alpha value is -2.80. The predicted octanol–water partition coefficient (Wildman–Crippen LogP) is 2.53. The number of aromatic nitrogens is 1. The standard InChI is InChI=1S/C17H19NO6/c1-4-24-9-11-14(16(20)10(8-19)17(21)18-11)15-12(22-2)6-5-7-13(15)23-3/h5-8H,4,9H2,1-3H3,(H2,18,20,21). The number of pyridine rings is 1. The van der Waals surface area contributed by atoms with E-state index >= 15 is 0 Å². The van der Waals surface area contributed by atoms with Gasteiger partial charge in [-0.1, -0.05) is 6.07 Å². The van der Waals surface area contributed by atoms with Gasteiger partial charge < -0.3 is 24.4 Å². The van der Waals surface area contributed by atoms with Crippen molar-refractivity contribution >= 4 is 6.29 Å². The summed E-state index contributed by atoms with van der Waals surface area (Å²) in [6.45, 7) is 2.26. The normalized spacial score (nSPS) is 10.5. The second kappa shape index (κ2) is 7.65. The summed E-state index contributed by atoms with van der Waals surface area (Å²) in [5.41, 5.74) is 0.599. The Kier molecular flexibility index (Phi) is 5.59. The molecule has 0 aliphatic heterocycles. The van der Waals surface area contributed by atoms with Gasteiger partial charge in [0, 0.05) is 6.61 Å². The van der Waals surface area contributed by atoms with Crippen LogP contribution in [0.5, 0.6) is 23.1 Å². The highest BCUT2D eigenvalue weighted by Gasteiger charge is 2.25. The van der Waals surface area contributed by atoms with Crippen LogP contribution >= 0.6 is 0 Å². The lowest BCUT2D eigenvalue weighted by Gasteiger charge is -2.18. The number of hydrogen-bond donors (Lipinski definition) is 2. The largest absolute Gasteiger partial charge is 0.506 e. The molecule has 7 nitrogen and oxygen atoms in total. The number of aldehydes is 1. The van der Waals surface area contributed by atoms with E-state index in [0.717, 1.165) is 0 Å². The Morgan fingerprint density at radius 2 is 1.75 bits per heavy atom. The number of carbonyl (C=O) groups excluding carboxylic acids is 1. The number of rotatable bonds is 7. The third kappa shape index (κ3) is 3.11. The van der Waals surface area contributed by atoms with E-state index in [-0.39, 0.29) is 23.4 Å². The Bertz CT molecular complexity index is 722. The zero-order valence-corrected chi connectivity index (χ0v) is 13.7. The molecule has 0 radical (unpaired) electrons. The molecule has 24 heavy (non-hydrogen) atoms. The number of benzene rings is 1. The van der Waals surface area contributed by atoms with Gasteiger partial charge in [0.15, 0.2) is 6.29 Å². The first-order valence-corrected chi connectivity index (χ1v) is 7.28. The molecule has 1 aromatic carbocycles. The van der Waals surface area contributed by atoms with Crippen LogP contribution in [0.15, 0.2) is 18.2 Å². The van der Waals surface area contributed by atoms with Crippen molar-refractivity contribution in [3.05, 3.63) is 29.5 Å². The molecule has 0 aliphatic carbocycles.